The van der Waals surface area contributed by atoms with Crippen LogP contribution >= 0.6 is 0 Å². The zero-order chi connectivity index (χ0) is 32.9. The molecule has 0 saturated carbocycles. The van der Waals surface area contributed by atoms with Crippen LogP contribution in [0.4, 0.5) is 0 Å². The second-order valence-corrected chi connectivity index (χ2v) is 13.7. The Balaban J connectivity index is 1.97. The highest BCUT2D eigenvalue weighted by molar-refractivity contribution is 4.93. The van der Waals surface area contributed by atoms with Crippen LogP contribution in [0.3, 0.4) is 0 Å². The van der Waals surface area contributed by atoms with Crippen LogP contribution in [0.2, 0.25) is 0 Å². The van der Waals surface area contributed by atoms with E-state index < -0.39 is 0 Å². The van der Waals surface area contributed by atoms with Crippen molar-refractivity contribution in [3.05, 3.63) is 48.6 Å². The molecule has 3 heteroatoms. The van der Waals surface area contributed by atoms with Crippen LogP contribution in [-0.4, -0.2) is 50.5 Å². The molecule has 1 atom stereocenters. The van der Waals surface area contributed by atoms with Crippen molar-refractivity contribution in [3.63, 3.8) is 0 Å². The molecule has 1 aliphatic rings. The van der Waals surface area contributed by atoms with Crippen LogP contribution in [0.25, 0.3) is 0 Å². The van der Waals surface area contributed by atoms with Crippen LogP contribution < -0.4 is 0 Å². The van der Waals surface area contributed by atoms with Crippen molar-refractivity contribution in [2.75, 3.05) is 39.5 Å². The molecule has 0 bridgehead atoms. The van der Waals surface area contributed by atoms with Crippen molar-refractivity contribution in [2.24, 2.45) is 0 Å². The lowest BCUT2D eigenvalue weighted by molar-refractivity contribution is -0.0316. The summed E-state index contributed by atoms with van der Waals surface area (Å²) in [6.45, 7) is 10.6. The van der Waals surface area contributed by atoms with Crippen LogP contribution in [0, 0.1) is 0 Å². The molecule has 0 aromatic heterocycles. The van der Waals surface area contributed by atoms with E-state index in [1.807, 2.05) is 0 Å². The molecule has 46 heavy (non-hydrogen) atoms. The van der Waals surface area contributed by atoms with Gasteiger partial charge >= 0.3 is 0 Å². The fraction of sp³-hybridized carbons (Fsp3) is 0.814. The lowest BCUT2D eigenvalue weighted by Crippen LogP contribution is -2.35. The van der Waals surface area contributed by atoms with Gasteiger partial charge in [0.25, 0.3) is 0 Å². The smallest absolute Gasteiger partial charge is 0.0934 e. The van der Waals surface area contributed by atoms with Crippen LogP contribution in [0.1, 0.15) is 181 Å². The molecule has 0 spiro atoms. The van der Waals surface area contributed by atoms with Gasteiger partial charge in [0, 0.05) is 19.8 Å². The van der Waals surface area contributed by atoms with Gasteiger partial charge in [-0.1, -0.05) is 140 Å². The number of hydrogen-bond acceptors (Lipinski definition) is 3. The average Bonchev–Trinajstić information content (AvgIpc) is 3.58. The quantitative estimate of drug-likeness (QED) is 0.0508. The van der Waals surface area contributed by atoms with Gasteiger partial charge in [0.15, 0.2) is 0 Å². The van der Waals surface area contributed by atoms with E-state index in [4.69, 9.17) is 9.47 Å². The lowest BCUT2D eigenvalue weighted by atomic mass is 10.1. The van der Waals surface area contributed by atoms with Gasteiger partial charge in [-0.25, -0.2) is 0 Å². The molecule has 1 rings (SSSR count). The molecule has 0 aromatic rings. The summed E-state index contributed by atoms with van der Waals surface area (Å²) in [5, 5.41) is 0. The molecule has 1 saturated heterocycles. The fourth-order valence-corrected chi connectivity index (χ4v) is 6.15. The highest BCUT2D eigenvalue weighted by atomic mass is 16.5. The first kappa shape index (κ1) is 42.9. The third-order valence-electron chi connectivity index (χ3n) is 9.15. The Labute approximate surface area is 288 Å². The number of likely N-dealkylation sites (tertiary alicyclic amines) is 1. The van der Waals surface area contributed by atoms with Crippen molar-refractivity contribution < 1.29 is 9.47 Å². The maximum absolute atomic E-state index is 6.37. The summed E-state index contributed by atoms with van der Waals surface area (Å²) in [5.74, 6) is 0. The maximum Gasteiger partial charge on any atom is 0.0934 e. The minimum Gasteiger partial charge on any atom is -0.379 e. The molecular formula is C43H79NO2. The number of nitrogens with zero attached hydrogens (tertiary/aromatic N) is 1. The van der Waals surface area contributed by atoms with Gasteiger partial charge in [0.05, 0.1) is 12.7 Å². The summed E-state index contributed by atoms with van der Waals surface area (Å²) in [6, 6.07) is 0. The predicted octanol–water partition coefficient (Wildman–Crippen LogP) is 13.1. The van der Waals surface area contributed by atoms with Gasteiger partial charge in [0.1, 0.15) is 0 Å². The largest absolute Gasteiger partial charge is 0.379 e. The summed E-state index contributed by atoms with van der Waals surface area (Å²) in [6.07, 6.45) is 52.7. The normalized spacial score (nSPS) is 15.2. The summed E-state index contributed by atoms with van der Waals surface area (Å²) in [7, 11) is 0. The third kappa shape index (κ3) is 31.4. The number of unbranched alkanes of at least 4 members (excludes halogenated alkanes) is 18. The van der Waals surface area contributed by atoms with Gasteiger partial charge in [0.2, 0.25) is 0 Å². The van der Waals surface area contributed by atoms with Gasteiger partial charge in [-0.15, -0.1) is 0 Å². The second kappa shape index (κ2) is 36.7. The van der Waals surface area contributed by atoms with E-state index in [-0.39, 0.29) is 6.10 Å². The van der Waals surface area contributed by atoms with Gasteiger partial charge in [-0.05, 0) is 103 Å². The van der Waals surface area contributed by atoms with Gasteiger partial charge in [-0.3, -0.25) is 0 Å². The Morgan fingerprint density at radius 3 is 1.37 bits per heavy atom. The Morgan fingerprint density at radius 1 is 0.478 bits per heavy atom. The van der Waals surface area contributed by atoms with E-state index in [2.05, 4.69) is 67.4 Å². The van der Waals surface area contributed by atoms with Crippen molar-refractivity contribution in [1.29, 1.82) is 0 Å². The number of ether oxygens (including phenoxy) is 2. The summed E-state index contributed by atoms with van der Waals surface area (Å²) in [5.41, 5.74) is 0. The summed E-state index contributed by atoms with van der Waals surface area (Å²) < 4.78 is 12.5. The van der Waals surface area contributed by atoms with E-state index in [1.54, 1.807) is 0 Å². The van der Waals surface area contributed by atoms with E-state index >= 15 is 0 Å². The van der Waals surface area contributed by atoms with Crippen LogP contribution in [0.15, 0.2) is 48.6 Å². The molecule has 1 fully saturated rings. The highest BCUT2D eigenvalue weighted by Gasteiger charge is 2.18. The Morgan fingerprint density at radius 2 is 0.891 bits per heavy atom. The summed E-state index contributed by atoms with van der Waals surface area (Å²) in [4.78, 5) is 2.58. The zero-order valence-corrected chi connectivity index (χ0v) is 31.1. The molecule has 3 nitrogen and oxygen atoms in total. The molecular weight excluding hydrogens is 562 g/mol. The monoisotopic (exact) mass is 642 g/mol. The fourth-order valence-electron chi connectivity index (χ4n) is 6.15. The molecule has 1 aliphatic heterocycles. The Kier molecular flexibility index (Phi) is 34.2. The van der Waals surface area contributed by atoms with E-state index in [9.17, 15) is 0 Å². The standard InChI is InChI=1S/C43H79NO2/c1-3-5-7-9-11-13-15-17-19-21-23-25-27-29-31-35-39-45-42-43(41-44-37-33-34-38-44)46-40-36-32-30-28-26-24-22-20-18-16-14-12-10-8-6-4-2/h11-14,17-20,43H,3-10,15-16,21-42H2,1-2H3/b13-11-,14-12+,19-17-,20-18+. The van der Waals surface area contributed by atoms with Gasteiger partial charge < -0.3 is 14.4 Å². The molecule has 268 valence electrons. The number of hydrogen-bond donors (Lipinski definition) is 0. The molecule has 0 aliphatic carbocycles. The average molecular weight is 642 g/mol. The van der Waals surface area contributed by atoms with Crippen LogP contribution in [-0.2, 0) is 9.47 Å². The Bertz CT molecular complexity index is 706. The molecule has 0 amide bonds. The maximum atomic E-state index is 6.37. The van der Waals surface area contributed by atoms with E-state index in [0.29, 0.717) is 0 Å². The Hall–Kier alpha value is -1.16. The predicted molar refractivity (Wildman–Crippen MR) is 205 cm³/mol. The molecule has 1 unspecified atom stereocenters. The summed E-state index contributed by atoms with van der Waals surface area (Å²) >= 11 is 0. The van der Waals surface area contributed by atoms with Crippen molar-refractivity contribution in [1.82, 2.24) is 4.90 Å². The third-order valence-corrected chi connectivity index (χ3v) is 9.15. The zero-order valence-electron chi connectivity index (χ0n) is 31.1. The molecule has 0 aromatic carbocycles. The molecule has 0 N–H and O–H groups in total. The number of rotatable bonds is 35. The van der Waals surface area contributed by atoms with E-state index in [1.165, 1.54) is 167 Å². The SMILES string of the molecule is CCCCC/C=C\C/C=C\CCCCCCCCOCC(CN1CCCC1)OCCCCCCCC/C=C/C/C=C/CCCCC. The van der Waals surface area contributed by atoms with Crippen molar-refractivity contribution in [3.8, 4) is 0 Å². The topological polar surface area (TPSA) is 21.7 Å². The first-order chi connectivity index (χ1) is 22.9. The molecule has 1 heterocycles. The second-order valence-electron chi connectivity index (χ2n) is 13.7. The van der Waals surface area contributed by atoms with Crippen LogP contribution in [0.5, 0.6) is 0 Å². The highest BCUT2D eigenvalue weighted by Crippen LogP contribution is 2.13. The number of allylic oxidation sites excluding steroid dienone is 8. The first-order valence-corrected chi connectivity index (χ1v) is 20.4. The molecule has 0 radical (unpaired) electrons. The lowest BCUT2D eigenvalue weighted by Gasteiger charge is -2.24. The van der Waals surface area contributed by atoms with Crippen molar-refractivity contribution in [2.45, 2.75) is 187 Å². The van der Waals surface area contributed by atoms with Gasteiger partial charge in [-0.2, -0.15) is 0 Å². The first-order valence-electron chi connectivity index (χ1n) is 20.4. The van der Waals surface area contributed by atoms with Crippen molar-refractivity contribution >= 4 is 0 Å². The minimum atomic E-state index is 0.237. The minimum absolute atomic E-state index is 0.237. The van der Waals surface area contributed by atoms with E-state index in [0.717, 1.165) is 39.2 Å².